The van der Waals surface area contributed by atoms with Crippen molar-refractivity contribution in [3.05, 3.63) is 29.8 Å². The van der Waals surface area contributed by atoms with Gasteiger partial charge in [0.1, 0.15) is 12.4 Å². The Morgan fingerprint density at radius 1 is 1.36 bits per heavy atom. The fourth-order valence-corrected chi connectivity index (χ4v) is 2.77. The molecule has 0 aliphatic carbocycles. The summed E-state index contributed by atoms with van der Waals surface area (Å²) in [5.41, 5.74) is 1.10. The third kappa shape index (κ3) is 5.00. The average molecular weight is 307 g/mol. The van der Waals surface area contributed by atoms with Crippen molar-refractivity contribution in [2.24, 2.45) is 5.92 Å². The van der Waals surface area contributed by atoms with Crippen LogP contribution in [0.2, 0.25) is 0 Å². The number of aliphatic carboxylic acids is 1. The number of hydrogen-bond acceptors (Lipinski definition) is 4. The zero-order valence-corrected chi connectivity index (χ0v) is 13.2. The minimum Gasteiger partial charge on any atom is -0.491 e. The molecule has 1 fully saturated rings. The summed E-state index contributed by atoms with van der Waals surface area (Å²) in [6, 6.07) is 7.94. The van der Waals surface area contributed by atoms with Crippen molar-refractivity contribution in [2.45, 2.75) is 26.3 Å². The van der Waals surface area contributed by atoms with E-state index in [1.165, 1.54) is 0 Å². The largest absolute Gasteiger partial charge is 0.491 e. The van der Waals surface area contributed by atoms with E-state index in [2.05, 4.69) is 4.90 Å². The summed E-state index contributed by atoms with van der Waals surface area (Å²) in [5, 5.41) is 9.18. The summed E-state index contributed by atoms with van der Waals surface area (Å²) < 4.78 is 11.1. The van der Waals surface area contributed by atoms with Crippen molar-refractivity contribution in [1.29, 1.82) is 0 Å². The van der Waals surface area contributed by atoms with E-state index in [1.807, 2.05) is 31.2 Å². The van der Waals surface area contributed by atoms with E-state index in [9.17, 15) is 9.90 Å². The van der Waals surface area contributed by atoms with Crippen LogP contribution >= 0.6 is 0 Å². The van der Waals surface area contributed by atoms with E-state index in [0.29, 0.717) is 26.4 Å². The summed E-state index contributed by atoms with van der Waals surface area (Å²) >= 11 is 0. The topological polar surface area (TPSA) is 59.0 Å². The van der Waals surface area contributed by atoms with Gasteiger partial charge in [0.25, 0.3) is 0 Å². The predicted octanol–water partition coefficient (Wildman–Crippen LogP) is 2.40. The van der Waals surface area contributed by atoms with Crippen molar-refractivity contribution in [2.75, 3.05) is 32.9 Å². The molecule has 1 aromatic rings. The van der Waals surface area contributed by atoms with Crippen molar-refractivity contribution < 1.29 is 19.4 Å². The Bertz CT molecular complexity index is 477. The Labute approximate surface area is 131 Å². The van der Waals surface area contributed by atoms with Gasteiger partial charge in [0.2, 0.25) is 0 Å². The van der Waals surface area contributed by atoms with Crippen LogP contribution in [0.5, 0.6) is 5.75 Å². The Morgan fingerprint density at radius 2 is 2.18 bits per heavy atom. The van der Waals surface area contributed by atoms with Gasteiger partial charge in [-0.25, -0.2) is 0 Å². The maximum atomic E-state index is 11.2. The number of carbonyl (C=O) groups is 1. The van der Waals surface area contributed by atoms with Crippen molar-refractivity contribution in [3.8, 4) is 5.75 Å². The fourth-order valence-electron chi connectivity index (χ4n) is 2.77. The molecule has 1 aromatic carbocycles. The second kappa shape index (κ2) is 8.76. The lowest BCUT2D eigenvalue weighted by Gasteiger charge is -2.31. The zero-order valence-electron chi connectivity index (χ0n) is 13.2. The molecule has 1 atom stereocenters. The normalized spacial score (nSPS) is 19.0. The maximum absolute atomic E-state index is 11.2. The molecule has 1 aliphatic heterocycles. The van der Waals surface area contributed by atoms with Crippen LogP contribution in [0.25, 0.3) is 0 Å². The Hall–Kier alpha value is -1.59. The molecule has 0 bridgehead atoms. The number of ether oxygens (including phenoxy) is 2. The lowest BCUT2D eigenvalue weighted by molar-refractivity contribution is -0.143. The zero-order chi connectivity index (χ0) is 15.8. The van der Waals surface area contributed by atoms with Crippen LogP contribution < -0.4 is 4.74 Å². The summed E-state index contributed by atoms with van der Waals surface area (Å²) in [4.78, 5) is 13.4. The minimum absolute atomic E-state index is 0.250. The molecular formula is C17H25NO4. The first-order chi connectivity index (χ1) is 10.7. The molecule has 5 nitrogen and oxygen atoms in total. The number of likely N-dealkylation sites (tertiary alicyclic amines) is 1. The van der Waals surface area contributed by atoms with Crippen LogP contribution in [0.15, 0.2) is 24.3 Å². The minimum atomic E-state index is -0.689. The molecule has 1 heterocycles. The van der Waals surface area contributed by atoms with E-state index in [1.54, 1.807) is 0 Å². The molecule has 0 radical (unpaired) electrons. The third-order valence-electron chi connectivity index (χ3n) is 3.91. The van der Waals surface area contributed by atoms with Crippen LogP contribution in [0, 0.1) is 5.92 Å². The quantitative estimate of drug-likeness (QED) is 0.747. The molecule has 22 heavy (non-hydrogen) atoms. The summed E-state index contributed by atoms with van der Waals surface area (Å²) in [6.45, 7) is 6.05. The van der Waals surface area contributed by atoms with Gasteiger partial charge < -0.3 is 14.6 Å². The van der Waals surface area contributed by atoms with Gasteiger partial charge in [0, 0.05) is 25.3 Å². The Morgan fingerprint density at radius 3 is 2.95 bits per heavy atom. The third-order valence-corrected chi connectivity index (χ3v) is 3.91. The second-order valence-electron chi connectivity index (χ2n) is 5.57. The van der Waals surface area contributed by atoms with Gasteiger partial charge in [-0.2, -0.15) is 0 Å². The molecule has 1 unspecified atom stereocenters. The highest BCUT2D eigenvalue weighted by atomic mass is 16.5. The molecule has 0 spiro atoms. The highest BCUT2D eigenvalue weighted by Gasteiger charge is 2.25. The smallest absolute Gasteiger partial charge is 0.307 e. The first kappa shape index (κ1) is 16.8. The van der Waals surface area contributed by atoms with Gasteiger partial charge in [0.15, 0.2) is 0 Å². The maximum Gasteiger partial charge on any atom is 0.307 e. The number of piperidine rings is 1. The van der Waals surface area contributed by atoms with E-state index in [-0.39, 0.29) is 5.92 Å². The SMILES string of the molecule is CCOCCOc1ccccc1CN1CCCC(C(=O)O)C1. The highest BCUT2D eigenvalue weighted by Crippen LogP contribution is 2.23. The summed E-state index contributed by atoms with van der Waals surface area (Å²) in [7, 11) is 0. The van der Waals surface area contributed by atoms with Crippen molar-refractivity contribution in [3.63, 3.8) is 0 Å². The first-order valence-corrected chi connectivity index (χ1v) is 7.94. The van der Waals surface area contributed by atoms with Crippen LogP contribution in [0.3, 0.4) is 0 Å². The van der Waals surface area contributed by atoms with Gasteiger partial charge in [0.05, 0.1) is 12.5 Å². The number of carboxylic acid groups (broad SMARTS) is 1. The summed E-state index contributed by atoms with van der Waals surface area (Å²) in [5.74, 6) is -0.0783. The molecule has 1 N–H and O–H groups in total. The highest BCUT2D eigenvalue weighted by molar-refractivity contribution is 5.70. The molecule has 2 rings (SSSR count). The second-order valence-corrected chi connectivity index (χ2v) is 5.57. The molecule has 1 aliphatic rings. The van der Waals surface area contributed by atoms with E-state index >= 15 is 0 Å². The molecule has 0 amide bonds. The van der Waals surface area contributed by atoms with Crippen molar-refractivity contribution >= 4 is 5.97 Å². The van der Waals surface area contributed by atoms with Gasteiger partial charge in [-0.3, -0.25) is 9.69 Å². The molecule has 1 saturated heterocycles. The van der Waals surface area contributed by atoms with Crippen LogP contribution in [-0.4, -0.2) is 48.9 Å². The van der Waals surface area contributed by atoms with Gasteiger partial charge in [-0.15, -0.1) is 0 Å². The average Bonchev–Trinajstić information content (AvgIpc) is 2.53. The number of benzene rings is 1. The van der Waals surface area contributed by atoms with Gasteiger partial charge in [-0.1, -0.05) is 18.2 Å². The van der Waals surface area contributed by atoms with E-state index in [4.69, 9.17) is 9.47 Å². The number of rotatable bonds is 8. The van der Waals surface area contributed by atoms with Crippen molar-refractivity contribution in [1.82, 2.24) is 4.90 Å². The van der Waals surface area contributed by atoms with Crippen LogP contribution in [0.4, 0.5) is 0 Å². The number of para-hydroxylation sites is 1. The molecule has 122 valence electrons. The fraction of sp³-hybridized carbons (Fsp3) is 0.588. The summed E-state index contributed by atoms with van der Waals surface area (Å²) in [6.07, 6.45) is 1.71. The van der Waals surface area contributed by atoms with E-state index < -0.39 is 5.97 Å². The Kier molecular flexibility index (Phi) is 6.68. The molecule has 0 saturated carbocycles. The standard InChI is InChI=1S/C17H25NO4/c1-2-21-10-11-22-16-8-4-3-6-14(16)12-18-9-5-7-15(13-18)17(19)20/h3-4,6,8,15H,2,5,7,9-13H2,1H3,(H,19,20). The number of carboxylic acids is 1. The monoisotopic (exact) mass is 307 g/mol. The number of nitrogens with zero attached hydrogens (tertiary/aromatic N) is 1. The molecule has 0 aromatic heterocycles. The van der Waals surface area contributed by atoms with Gasteiger partial charge >= 0.3 is 5.97 Å². The van der Waals surface area contributed by atoms with E-state index in [0.717, 1.165) is 37.2 Å². The number of hydrogen-bond donors (Lipinski definition) is 1. The predicted molar refractivity (Wildman–Crippen MR) is 84.1 cm³/mol. The van der Waals surface area contributed by atoms with Crippen LogP contribution in [-0.2, 0) is 16.1 Å². The lowest BCUT2D eigenvalue weighted by Crippen LogP contribution is -2.38. The van der Waals surface area contributed by atoms with Crippen LogP contribution in [0.1, 0.15) is 25.3 Å². The van der Waals surface area contributed by atoms with Gasteiger partial charge in [-0.05, 0) is 32.4 Å². The first-order valence-electron chi connectivity index (χ1n) is 7.94. The lowest BCUT2D eigenvalue weighted by atomic mass is 9.98. The molecule has 5 heteroatoms. The molecular weight excluding hydrogens is 282 g/mol. The Balaban J connectivity index is 1.92.